The Hall–Kier alpha value is -3.03. The van der Waals surface area contributed by atoms with Gasteiger partial charge >= 0.3 is 12.3 Å². The van der Waals surface area contributed by atoms with Crippen LogP contribution in [0.5, 0.6) is 23.0 Å². The molecular weight excluding hydrogens is 350 g/mol. The highest BCUT2D eigenvalue weighted by molar-refractivity contribution is 5.68. The minimum absolute atomic E-state index is 0.0000451. The fraction of sp³-hybridized carbons (Fsp3) is 0.278. The molecule has 26 heavy (non-hydrogen) atoms. The van der Waals surface area contributed by atoms with E-state index >= 15 is 0 Å². The van der Waals surface area contributed by atoms with E-state index in [1.54, 1.807) is 30.3 Å². The molecule has 2 aliphatic heterocycles. The predicted octanol–water partition coefficient (Wildman–Crippen LogP) is 3.54. The summed E-state index contributed by atoms with van der Waals surface area (Å²) in [6.07, 6.45) is -3.69. The number of halogens is 2. The van der Waals surface area contributed by atoms with E-state index < -0.39 is 12.3 Å². The lowest BCUT2D eigenvalue weighted by molar-refractivity contribution is -0.287. The monoisotopic (exact) mass is 364 g/mol. The summed E-state index contributed by atoms with van der Waals surface area (Å²) in [4.78, 5) is 10.9. The first-order valence-electron chi connectivity index (χ1n) is 7.90. The second kappa shape index (κ2) is 6.05. The van der Waals surface area contributed by atoms with Crippen molar-refractivity contribution in [1.82, 2.24) is 0 Å². The molecule has 4 rings (SSSR count). The van der Waals surface area contributed by atoms with E-state index in [0.717, 1.165) is 5.56 Å². The number of benzene rings is 2. The van der Waals surface area contributed by atoms with Gasteiger partial charge in [-0.2, -0.15) is 0 Å². The predicted molar refractivity (Wildman–Crippen MR) is 83.9 cm³/mol. The topological polar surface area (TPSA) is 74.2 Å². The minimum Gasteiger partial charge on any atom is -0.492 e. The molecule has 0 amide bonds. The second-order valence-corrected chi connectivity index (χ2v) is 6.01. The molecule has 1 unspecified atom stereocenters. The quantitative estimate of drug-likeness (QED) is 0.875. The van der Waals surface area contributed by atoms with Crippen LogP contribution in [0.15, 0.2) is 36.4 Å². The van der Waals surface area contributed by atoms with Crippen LogP contribution in [-0.2, 0) is 11.4 Å². The van der Waals surface area contributed by atoms with Gasteiger partial charge in [0.05, 0.1) is 13.0 Å². The van der Waals surface area contributed by atoms with Crippen LogP contribution < -0.4 is 18.9 Å². The van der Waals surface area contributed by atoms with Crippen molar-refractivity contribution in [3.63, 3.8) is 0 Å². The number of ether oxygens (including phenoxy) is 4. The maximum atomic E-state index is 13.2. The van der Waals surface area contributed by atoms with Crippen molar-refractivity contribution in [2.45, 2.75) is 25.2 Å². The summed E-state index contributed by atoms with van der Waals surface area (Å²) in [5.41, 5.74) is 1.24. The summed E-state index contributed by atoms with van der Waals surface area (Å²) in [5, 5.41) is 8.92. The van der Waals surface area contributed by atoms with Crippen LogP contribution in [0.1, 0.15) is 23.5 Å². The Morgan fingerprint density at radius 3 is 2.88 bits per heavy atom. The molecule has 0 radical (unpaired) electrons. The molecule has 2 heterocycles. The van der Waals surface area contributed by atoms with E-state index in [1.165, 1.54) is 6.07 Å². The lowest BCUT2D eigenvalue weighted by Gasteiger charge is -2.10. The molecule has 0 aliphatic carbocycles. The van der Waals surface area contributed by atoms with Crippen molar-refractivity contribution in [1.29, 1.82) is 0 Å². The second-order valence-electron chi connectivity index (χ2n) is 6.01. The van der Waals surface area contributed by atoms with Crippen LogP contribution in [0.3, 0.4) is 0 Å². The van der Waals surface area contributed by atoms with Gasteiger partial charge in [-0.25, -0.2) is 0 Å². The van der Waals surface area contributed by atoms with Gasteiger partial charge in [0.1, 0.15) is 18.1 Å². The van der Waals surface area contributed by atoms with E-state index in [4.69, 9.17) is 14.6 Å². The van der Waals surface area contributed by atoms with Gasteiger partial charge in [-0.3, -0.25) is 4.79 Å². The number of alkyl halides is 2. The third-order valence-corrected chi connectivity index (χ3v) is 4.19. The van der Waals surface area contributed by atoms with Gasteiger partial charge in [-0.1, -0.05) is 18.2 Å². The highest BCUT2D eigenvalue weighted by atomic mass is 19.3. The van der Waals surface area contributed by atoms with Crippen LogP contribution in [0, 0.1) is 0 Å². The summed E-state index contributed by atoms with van der Waals surface area (Å²) >= 11 is 0. The number of hydrogen-bond donors (Lipinski definition) is 1. The molecule has 8 heteroatoms. The maximum Gasteiger partial charge on any atom is 0.586 e. The first-order valence-corrected chi connectivity index (χ1v) is 7.90. The number of carboxylic acids is 1. The zero-order chi connectivity index (χ0) is 18.3. The summed E-state index contributed by atoms with van der Waals surface area (Å²) < 4.78 is 46.5. The van der Waals surface area contributed by atoms with Crippen molar-refractivity contribution in [2.75, 3.05) is 6.61 Å². The van der Waals surface area contributed by atoms with Crippen LogP contribution in [0.4, 0.5) is 8.78 Å². The lowest BCUT2D eigenvalue weighted by atomic mass is 9.98. The Labute approximate surface area is 146 Å². The van der Waals surface area contributed by atoms with E-state index in [-0.39, 0.29) is 30.4 Å². The maximum absolute atomic E-state index is 13.2. The van der Waals surface area contributed by atoms with Crippen molar-refractivity contribution in [2.24, 2.45) is 0 Å². The van der Waals surface area contributed by atoms with Crippen LogP contribution in [0.25, 0.3) is 0 Å². The smallest absolute Gasteiger partial charge is 0.492 e. The van der Waals surface area contributed by atoms with Crippen molar-refractivity contribution < 1.29 is 37.6 Å². The molecule has 136 valence electrons. The first kappa shape index (κ1) is 16.4. The van der Waals surface area contributed by atoms with E-state index in [1.807, 2.05) is 0 Å². The summed E-state index contributed by atoms with van der Waals surface area (Å²) in [6, 6.07) is 9.69. The third kappa shape index (κ3) is 3.10. The largest absolute Gasteiger partial charge is 0.586 e. The number of fused-ring (bicyclic) bond motifs is 2. The van der Waals surface area contributed by atoms with Gasteiger partial charge in [0.25, 0.3) is 0 Å². The average molecular weight is 364 g/mol. The SMILES string of the molecule is O=C(O)CC1COc2cc(OCc3cccc4c3OC(F)(F)O4)ccc21. The molecule has 1 N–H and O–H groups in total. The molecule has 1 atom stereocenters. The van der Waals surface area contributed by atoms with Crippen molar-refractivity contribution >= 4 is 5.97 Å². The lowest BCUT2D eigenvalue weighted by Crippen LogP contribution is -2.26. The van der Waals surface area contributed by atoms with Gasteiger partial charge in [0, 0.05) is 23.1 Å². The summed E-state index contributed by atoms with van der Waals surface area (Å²) in [7, 11) is 0. The number of aliphatic carboxylic acids is 1. The van der Waals surface area contributed by atoms with Gasteiger partial charge < -0.3 is 24.1 Å². The van der Waals surface area contributed by atoms with Crippen LogP contribution in [0.2, 0.25) is 0 Å². The Bertz CT molecular complexity index is 867. The summed E-state index contributed by atoms with van der Waals surface area (Å²) in [5.74, 6) is -0.118. The highest BCUT2D eigenvalue weighted by Crippen LogP contribution is 2.44. The molecule has 0 bridgehead atoms. The molecule has 0 saturated heterocycles. The number of rotatable bonds is 5. The number of para-hydroxylation sites is 1. The van der Waals surface area contributed by atoms with E-state index in [0.29, 0.717) is 23.7 Å². The molecule has 2 aliphatic rings. The Balaban J connectivity index is 1.48. The Morgan fingerprint density at radius 1 is 1.23 bits per heavy atom. The van der Waals surface area contributed by atoms with Crippen LogP contribution in [-0.4, -0.2) is 24.0 Å². The Kier molecular flexibility index (Phi) is 3.82. The Morgan fingerprint density at radius 2 is 2.08 bits per heavy atom. The number of hydrogen-bond acceptors (Lipinski definition) is 5. The van der Waals surface area contributed by atoms with Crippen molar-refractivity contribution in [3.8, 4) is 23.0 Å². The molecule has 2 aromatic carbocycles. The fourth-order valence-corrected chi connectivity index (χ4v) is 3.03. The third-order valence-electron chi connectivity index (χ3n) is 4.19. The molecule has 2 aromatic rings. The molecule has 0 aromatic heterocycles. The molecule has 6 nitrogen and oxygen atoms in total. The molecule has 0 fully saturated rings. The zero-order valence-electron chi connectivity index (χ0n) is 13.4. The molecule has 0 saturated carbocycles. The number of carboxylic acid groups (broad SMARTS) is 1. The number of carbonyl (C=O) groups is 1. The molecule has 0 spiro atoms. The highest BCUT2D eigenvalue weighted by Gasteiger charge is 2.44. The minimum atomic E-state index is -3.68. The van der Waals surface area contributed by atoms with E-state index in [9.17, 15) is 13.6 Å². The fourth-order valence-electron chi connectivity index (χ4n) is 3.03. The van der Waals surface area contributed by atoms with Crippen molar-refractivity contribution in [3.05, 3.63) is 47.5 Å². The van der Waals surface area contributed by atoms with Gasteiger partial charge in [0.15, 0.2) is 11.5 Å². The average Bonchev–Trinajstić information content (AvgIpc) is 3.11. The molecular formula is C18H14F2O6. The van der Waals surface area contributed by atoms with Gasteiger partial charge in [-0.05, 0) is 12.1 Å². The summed E-state index contributed by atoms with van der Waals surface area (Å²) in [6.45, 7) is 0.303. The van der Waals surface area contributed by atoms with Gasteiger partial charge in [-0.15, -0.1) is 8.78 Å². The zero-order valence-corrected chi connectivity index (χ0v) is 13.4. The normalized spacial score (nSPS) is 18.9. The van der Waals surface area contributed by atoms with Crippen LogP contribution >= 0.6 is 0 Å². The first-order chi connectivity index (χ1) is 12.4. The van der Waals surface area contributed by atoms with E-state index in [2.05, 4.69) is 9.47 Å². The van der Waals surface area contributed by atoms with Gasteiger partial charge in [0.2, 0.25) is 0 Å². The standard InChI is InChI=1S/C18H14F2O6/c19-18(20)25-14-3-1-2-10(17(14)26-18)8-23-12-4-5-13-11(6-16(21)22)9-24-15(13)7-12/h1-5,7,11H,6,8-9H2,(H,21,22).